The number of aromatic nitrogens is 2. The Labute approximate surface area is 219 Å². The summed E-state index contributed by atoms with van der Waals surface area (Å²) < 4.78 is 0. The van der Waals surface area contributed by atoms with Gasteiger partial charge in [0.25, 0.3) is 0 Å². The number of H-pyrrole nitrogens is 1. The number of amides is 1. The molecule has 1 heterocycles. The number of Topliss-reactive ketones (excluding diaryl/α,β-unsaturated/α-hetero) is 1. The van der Waals surface area contributed by atoms with Crippen LogP contribution in [-0.4, -0.2) is 21.7 Å². The maximum absolute atomic E-state index is 13.1. The van der Waals surface area contributed by atoms with Crippen molar-refractivity contribution in [3.63, 3.8) is 0 Å². The number of carbonyl (C=O) groups is 2. The van der Waals surface area contributed by atoms with Gasteiger partial charge < -0.3 is 10.3 Å². The first-order valence-electron chi connectivity index (χ1n) is 14.0. The molecule has 0 bridgehead atoms. The number of nitrogens with zero attached hydrogens (tertiary/aromatic N) is 1. The van der Waals surface area contributed by atoms with Crippen molar-refractivity contribution in [1.82, 2.24) is 9.97 Å². The summed E-state index contributed by atoms with van der Waals surface area (Å²) in [6, 6.07) is 13.5. The lowest BCUT2D eigenvalue weighted by Crippen LogP contribution is -2.27. The second kappa shape index (κ2) is 9.59. The first kappa shape index (κ1) is 24.1. The predicted octanol–water partition coefficient (Wildman–Crippen LogP) is 7.42. The Morgan fingerprint density at radius 3 is 2.43 bits per heavy atom. The molecule has 0 aliphatic heterocycles. The molecule has 0 radical (unpaired) electrons. The summed E-state index contributed by atoms with van der Waals surface area (Å²) >= 11 is 0. The highest BCUT2D eigenvalue weighted by molar-refractivity contribution is 6.08. The normalized spacial score (nSPS) is 28.9. The number of imidazole rings is 1. The highest BCUT2D eigenvalue weighted by Crippen LogP contribution is 2.53. The van der Waals surface area contributed by atoms with E-state index in [-0.39, 0.29) is 23.5 Å². The van der Waals surface area contributed by atoms with Crippen LogP contribution in [0.1, 0.15) is 69.2 Å². The zero-order valence-corrected chi connectivity index (χ0v) is 21.9. The molecule has 1 aromatic heterocycles. The molecule has 3 aromatic rings. The van der Waals surface area contributed by atoms with Crippen LogP contribution >= 0.6 is 0 Å². The molecule has 6 atom stereocenters. The van der Waals surface area contributed by atoms with E-state index in [1.165, 1.54) is 32.1 Å². The van der Waals surface area contributed by atoms with E-state index < -0.39 is 0 Å². The Balaban J connectivity index is 1.15. The van der Waals surface area contributed by atoms with Crippen molar-refractivity contribution >= 4 is 28.4 Å². The van der Waals surface area contributed by atoms with Crippen molar-refractivity contribution in [2.45, 2.75) is 58.8 Å². The quantitative estimate of drug-likeness (QED) is 0.276. The summed E-state index contributed by atoms with van der Waals surface area (Å²) in [5, 5.41) is 3.15. The average Bonchev–Trinajstić information content (AvgIpc) is 3.40. The van der Waals surface area contributed by atoms with Gasteiger partial charge >= 0.3 is 0 Å². The molecule has 0 saturated heterocycles. The molecule has 3 aliphatic rings. The predicted molar refractivity (Wildman–Crippen MR) is 148 cm³/mol. The zero-order valence-electron chi connectivity index (χ0n) is 21.9. The van der Waals surface area contributed by atoms with E-state index in [0.717, 1.165) is 58.4 Å². The fourth-order valence-electron chi connectivity index (χ4n) is 7.19. The van der Waals surface area contributed by atoms with E-state index in [2.05, 4.69) is 30.7 Å². The van der Waals surface area contributed by atoms with Gasteiger partial charge in [0.15, 0.2) is 5.78 Å². The summed E-state index contributed by atoms with van der Waals surface area (Å²) in [6.07, 6.45) is 8.26. The zero-order chi connectivity index (χ0) is 25.7. The van der Waals surface area contributed by atoms with E-state index in [9.17, 15) is 9.59 Å². The van der Waals surface area contributed by atoms with Crippen molar-refractivity contribution in [2.75, 3.05) is 5.32 Å². The highest BCUT2D eigenvalue weighted by Gasteiger charge is 2.48. The number of rotatable bonds is 6. The molecule has 5 heteroatoms. The smallest absolute Gasteiger partial charge is 0.227 e. The van der Waals surface area contributed by atoms with Gasteiger partial charge in [0.1, 0.15) is 5.82 Å². The second-order valence-electron chi connectivity index (χ2n) is 11.8. The molecule has 6 unspecified atom stereocenters. The molecule has 2 N–H and O–H groups in total. The Morgan fingerprint density at radius 1 is 0.973 bits per heavy atom. The summed E-state index contributed by atoms with van der Waals surface area (Å²) in [5.74, 6) is 3.83. The maximum atomic E-state index is 13.1. The third-order valence-corrected chi connectivity index (χ3v) is 9.70. The Hall–Kier alpha value is -3.21. The van der Waals surface area contributed by atoms with Crippen molar-refractivity contribution in [1.29, 1.82) is 0 Å². The number of anilines is 1. The SMILES string of the molecule is C=C(C(=O)c1ccc(-c2nc3ccc(NC(=O)C4CC5CCC5C4C)cc3[nH]2)cc1)C1CCCCC1C. The minimum atomic E-state index is 0.0554. The lowest BCUT2D eigenvalue weighted by atomic mass is 9.73. The number of hydrogen-bond donors (Lipinski definition) is 2. The number of nitrogens with one attached hydrogen (secondary N) is 2. The van der Waals surface area contributed by atoms with Crippen LogP contribution in [0.15, 0.2) is 54.6 Å². The molecule has 37 heavy (non-hydrogen) atoms. The molecule has 3 fully saturated rings. The van der Waals surface area contributed by atoms with E-state index in [4.69, 9.17) is 4.98 Å². The van der Waals surface area contributed by atoms with Crippen LogP contribution in [0.25, 0.3) is 22.4 Å². The molecule has 5 nitrogen and oxygen atoms in total. The highest BCUT2D eigenvalue weighted by atomic mass is 16.2. The largest absolute Gasteiger partial charge is 0.338 e. The van der Waals surface area contributed by atoms with Crippen LogP contribution in [0.2, 0.25) is 0 Å². The summed E-state index contributed by atoms with van der Waals surface area (Å²) in [7, 11) is 0. The van der Waals surface area contributed by atoms with Crippen molar-refractivity contribution in [2.24, 2.45) is 35.5 Å². The monoisotopic (exact) mass is 495 g/mol. The van der Waals surface area contributed by atoms with Crippen LogP contribution in [0.5, 0.6) is 0 Å². The van der Waals surface area contributed by atoms with Gasteiger partial charge in [-0.05, 0) is 79.0 Å². The van der Waals surface area contributed by atoms with Gasteiger partial charge in [-0.1, -0.05) is 64.0 Å². The van der Waals surface area contributed by atoms with Crippen molar-refractivity contribution in [3.05, 3.63) is 60.2 Å². The molecule has 2 aromatic carbocycles. The minimum absolute atomic E-state index is 0.0554. The fraction of sp³-hybridized carbons (Fsp3) is 0.469. The Bertz CT molecular complexity index is 1350. The molecule has 0 spiro atoms. The number of carbonyl (C=O) groups excluding carboxylic acids is 2. The lowest BCUT2D eigenvalue weighted by molar-refractivity contribution is -0.120. The molecule has 6 rings (SSSR count). The number of benzene rings is 2. The summed E-state index contributed by atoms with van der Waals surface area (Å²) in [6.45, 7) is 8.66. The fourth-order valence-corrected chi connectivity index (χ4v) is 7.19. The average molecular weight is 496 g/mol. The molecule has 3 saturated carbocycles. The van der Waals surface area contributed by atoms with Crippen LogP contribution in [0, 0.1) is 35.5 Å². The number of aromatic amines is 1. The maximum Gasteiger partial charge on any atom is 0.227 e. The van der Waals surface area contributed by atoms with Gasteiger partial charge in [-0.25, -0.2) is 4.98 Å². The standard InChI is InChI=1S/C32H37N3O2/c1-18-6-4-5-7-25(18)20(3)30(36)21-8-10-22(11-9-21)31-34-28-15-13-24(17-29(28)35-31)33-32(37)27-16-23-12-14-26(23)19(27)2/h8-11,13,15,17-19,23,25-27H,3-7,12,14,16H2,1-2H3,(H,33,37)(H,34,35). The molecular formula is C32H37N3O2. The van der Waals surface area contributed by atoms with Gasteiger partial charge in [0, 0.05) is 22.7 Å². The molecule has 192 valence electrons. The van der Waals surface area contributed by atoms with Gasteiger partial charge in [0.2, 0.25) is 5.91 Å². The van der Waals surface area contributed by atoms with E-state index >= 15 is 0 Å². The first-order valence-corrected chi connectivity index (χ1v) is 14.0. The summed E-state index contributed by atoms with van der Waals surface area (Å²) in [5.41, 5.74) is 4.88. The van der Waals surface area contributed by atoms with E-state index in [1.807, 2.05) is 42.5 Å². The van der Waals surface area contributed by atoms with Crippen molar-refractivity contribution in [3.8, 4) is 11.4 Å². The van der Waals surface area contributed by atoms with E-state index in [1.54, 1.807) is 0 Å². The number of allylic oxidation sites excluding steroid dienone is 1. The first-order chi connectivity index (χ1) is 17.9. The van der Waals surface area contributed by atoms with Gasteiger partial charge in [-0.15, -0.1) is 0 Å². The third-order valence-electron chi connectivity index (χ3n) is 9.70. The Kier molecular flexibility index (Phi) is 6.26. The third kappa shape index (κ3) is 4.43. The Morgan fingerprint density at radius 2 is 1.76 bits per heavy atom. The van der Waals surface area contributed by atoms with Crippen LogP contribution in [0.3, 0.4) is 0 Å². The van der Waals surface area contributed by atoms with Gasteiger partial charge in [-0.3, -0.25) is 9.59 Å². The van der Waals surface area contributed by atoms with Crippen LogP contribution in [-0.2, 0) is 4.79 Å². The van der Waals surface area contributed by atoms with Gasteiger partial charge in [-0.2, -0.15) is 0 Å². The van der Waals surface area contributed by atoms with Gasteiger partial charge in [0.05, 0.1) is 11.0 Å². The molecule has 3 aliphatic carbocycles. The van der Waals surface area contributed by atoms with Crippen LogP contribution in [0.4, 0.5) is 5.69 Å². The molecule has 1 amide bonds. The number of fused-ring (bicyclic) bond motifs is 2. The van der Waals surface area contributed by atoms with Crippen molar-refractivity contribution < 1.29 is 9.59 Å². The van der Waals surface area contributed by atoms with Crippen LogP contribution < -0.4 is 5.32 Å². The second-order valence-corrected chi connectivity index (χ2v) is 11.8. The van der Waals surface area contributed by atoms with E-state index in [0.29, 0.717) is 17.4 Å². The minimum Gasteiger partial charge on any atom is -0.338 e. The number of hydrogen-bond acceptors (Lipinski definition) is 3. The lowest BCUT2D eigenvalue weighted by Gasteiger charge is -2.32. The topological polar surface area (TPSA) is 74.8 Å². The number of ketones is 1. The molecular weight excluding hydrogens is 458 g/mol. The summed E-state index contributed by atoms with van der Waals surface area (Å²) in [4.78, 5) is 34.2.